The van der Waals surface area contributed by atoms with Crippen LogP contribution in [0.15, 0.2) is 24.3 Å². The molecule has 0 rings (SSSR count). The maximum absolute atomic E-state index is 12.5. The molecule has 3 N–H and O–H groups in total. The summed E-state index contributed by atoms with van der Waals surface area (Å²) in [5.41, 5.74) is 0. The second-order valence-electron chi connectivity index (χ2n) is 23.5. The quantitative estimate of drug-likeness (QED) is 0.0320. The van der Waals surface area contributed by atoms with Crippen molar-refractivity contribution in [1.29, 1.82) is 0 Å². The van der Waals surface area contributed by atoms with E-state index < -0.39 is 12.1 Å². The van der Waals surface area contributed by atoms with Gasteiger partial charge in [-0.1, -0.05) is 334 Å². The van der Waals surface area contributed by atoms with Crippen molar-refractivity contribution in [3.63, 3.8) is 0 Å². The monoisotopic (exact) mass is 1060 g/mol. The van der Waals surface area contributed by atoms with Gasteiger partial charge in [-0.15, -0.1) is 0 Å². The van der Waals surface area contributed by atoms with Crippen molar-refractivity contribution in [2.24, 2.45) is 0 Å². The van der Waals surface area contributed by atoms with Gasteiger partial charge in [0.2, 0.25) is 5.91 Å². The predicted molar refractivity (Wildman–Crippen MR) is 329 cm³/mol. The van der Waals surface area contributed by atoms with Gasteiger partial charge < -0.3 is 20.3 Å². The third-order valence-corrected chi connectivity index (χ3v) is 16.0. The molecule has 6 heteroatoms. The van der Waals surface area contributed by atoms with Crippen LogP contribution in [0, 0.1) is 0 Å². The van der Waals surface area contributed by atoms with Gasteiger partial charge in [-0.3, -0.25) is 9.59 Å². The molecule has 6 nitrogen and oxygen atoms in total. The summed E-state index contributed by atoms with van der Waals surface area (Å²) in [4.78, 5) is 24.5. The lowest BCUT2D eigenvalue weighted by atomic mass is 10.0. The average molecular weight is 1060 g/mol. The van der Waals surface area contributed by atoms with E-state index >= 15 is 0 Å². The van der Waals surface area contributed by atoms with Crippen LogP contribution in [0.25, 0.3) is 0 Å². The molecule has 0 aliphatic heterocycles. The Bertz CT molecular complexity index is 1170. The molecule has 0 fully saturated rings. The third kappa shape index (κ3) is 61.4. The molecule has 0 aliphatic rings. The molecule has 0 aliphatic carbocycles. The number of ether oxygens (including phenoxy) is 1. The molecule has 0 bridgehead atoms. The molecular formula is C69H133NO5. The van der Waals surface area contributed by atoms with E-state index in [2.05, 4.69) is 31.3 Å². The third-order valence-electron chi connectivity index (χ3n) is 16.0. The average Bonchev–Trinajstić information content (AvgIpc) is 3.41. The number of allylic oxidation sites excluding steroid dienone is 3. The molecule has 0 spiro atoms. The van der Waals surface area contributed by atoms with Crippen molar-refractivity contribution in [2.75, 3.05) is 13.2 Å². The minimum absolute atomic E-state index is 0.0188. The van der Waals surface area contributed by atoms with Gasteiger partial charge in [0.1, 0.15) is 0 Å². The molecule has 0 saturated carbocycles. The lowest BCUT2D eigenvalue weighted by molar-refractivity contribution is -0.143. The van der Waals surface area contributed by atoms with Crippen LogP contribution in [-0.2, 0) is 14.3 Å². The number of unbranched alkanes of at least 4 members (excludes halogenated alkanes) is 51. The van der Waals surface area contributed by atoms with Crippen LogP contribution in [0.4, 0.5) is 0 Å². The van der Waals surface area contributed by atoms with Gasteiger partial charge >= 0.3 is 5.97 Å². The Morgan fingerprint density at radius 3 is 0.947 bits per heavy atom. The molecule has 0 aromatic rings. The Hall–Kier alpha value is -1.66. The molecule has 0 radical (unpaired) electrons. The number of carbonyl (C=O) groups is 2. The molecule has 2 unspecified atom stereocenters. The highest BCUT2D eigenvalue weighted by molar-refractivity contribution is 5.76. The minimum Gasteiger partial charge on any atom is -0.466 e. The first-order chi connectivity index (χ1) is 37.0. The topological polar surface area (TPSA) is 95.9 Å². The predicted octanol–water partition coefficient (Wildman–Crippen LogP) is 21.8. The number of esters is 1. The van der Waals surface area contributed by atoms with Gasteiger partial charge in [0.05, 0.1) is 25.4 Å². The van der Waals surface area contributed by atoms with Crippen LogP contribution in [0.1, 0.15) is 380 Å². The number of carbonyl (C=O) groups excluding carboxylic acids is 2. The SMILES string of the molecule is CCCCCCCCCCCCCCC/C=C/C(O)C(CO)NC(=O)CCCCCCCCCCCCCCCC/C=C\CCCCCCCCCCCCCCOC(=O)CCCCCCCCCCCCCCC. The van der Waals surface area contributed by atoms with E-state index in [1.807, 2.05) is 6.08 Å². The zero-order valence-corrected chi connectivity index (χ0v) is 50.8. The van der Waals surface area contributed by atoms with Crippen LogP contribution in [0.3, 0.4) is 0 Å². The second kappa shape index (κ2) is 64.9. The van der Waals surface area contributed by atoms with Gasteiger partial charge in [0.25, 0.3) is 0 Å². The van der Waals surface area contributed by atoms with Gasteiger partial charge in [-0.25, -0.2) is 0 Å². The van der Waals surface area contributed by atoms with E-state index in [1.54, 1.807) is 6.08 Å². The zero-order valence-electron chi connectivity index (χ0n) is 50.8. The summed E-state index contributed by atoms with van der Waals surface area (Å²) in [5.74, 6) is -0.0454. The van der Waals surface area contributed by atoms with Gasteiger partial charge in [0, 0.05) is 12.8 Å². The van der Waals surface area contributed by atoms with Crippen LogP contribution in [0.5, 0.6) is 0 Å². The molecule has 75 heavy (non-hydrogen) atoms. The van der Waals surface area contributed by atoms with E-state index in [-0.39, 0.29) is 18.5 Å². The Morgan fingerprint density at radius 1 is 0.360 bits per heavy atom. The number of rotatable bonds is 64. The summed E-state index contributed by atoms with van der Waals surface area (Å²) in [7, 11) is 0. The highest BCUT2D eigenvalue weighted by Crippen LogP contribution is 2.18. The van der Waals surface area contributed by atoms with Crippen molar-refractivity contribution in [2.45, 2.75) is 392 Å². The lowest BCUT2D eigenvalue weighted by Crippen LogP contribution is -2.45. The largest absolute Gasteiger partial charge is 0.466 e. The zero-order chi connectivity index (χ0) is 54.3. The van der Waals surface area contributed by atoms with Crippen LogP contribution in [-0.4, -0.2) is 47.4 Å². The van der Waals surface area contributed by atoms with Crippen LogP contribution >= 0.6 is 0 Å². The van der Waals surface area contributed by atoms with Gasteiger partial charge in [-0.2, -0.15) is 0 Å². The fourth-order valence-electron chi connectivity index (χ4n) is 10.7. The van der Waals surface area contributed by atoms with Crippen molar-refractivity contribution < 1.29 is 24.5 Å². The van der Waals surface area contributed by atoms with Gasteiger partial charge in [0.15, 0.2) is 0 Å². The number of hydrogen-bond acceptors (Lipinski definition) is 5. The Balaban J connectivity index is 3.37. The summed E-state index contributed by atoms with van der Waals surface area (Å²) < 4.78 is 5.49. The number of nitrogens with one attached hydrogen (secondary N) is 1. The summed E-state index contributed by atoms with van der Waals surface area (Å²) >= 11 is 0. The fourth-order valence-corrected chi connectivity index (χ4v) is 10.7. The molecular weight excluding hydrogens is 923 g/mol. The van der Waals surface area contributed by atoms with E-state index in [1.165, 1.54) is 315 Å². The highest BCUT2D eigenvalue weighted by Gasteiger charge is 2.18. The molecule has 2 atom stereocenters. The second-order valence-corrected chi connectivity index (χ2v) is 23.5. The van der Waals surface area contributed by atoms with Crippen LogP contribution in [0.2, 0.25) is 0 Å². The van der Waals surface area contributed by atoms with Crippen molar-refractivity contribution in [3.8, 4) is 0 Å². The molecule has 0 aromatic heterocycles. The standard InChI is InChI=1S/C69H133NO5/c1-3-5-7-9-11-13-15-17-34-38-41-45-49-53-57-61-67(72)66(65-71)70-68(73)62-58-54-50-46-42-39-35-32-30-28-26-24-22-20-18-19-21-23-25-27-29-31-33-36-40-44-48-52-56-60-64-75-69(74)63-59-55-51-47-43-37-16-14-12-10-8-6-4-2/h19,21,57,61,66-67,71-72H,3-18,20,22-56,58-60,62-65H2,1-2H3,(H,70,73)/b21-19-,61-57+. The van der Waals surface area contributed by atoms with Crippen molar-refractivity contribution in [1.82, 2.24) is 5.32 Å². The van der Waals surface area contributed by atoms with E-state index in [0.29, 0.717) is 19.4 Å². The lowest BCUT2D eigenvalue weighted by Gasteiger charge is -2.20. The fraction of sp³-hybridized carbons (Fsp3) is 0.913. The Labute approximate surface area is 469 Å². The summed E-state index contributed by atoms with van der Waals surface area (Å²) in [6, 6.07) is -0.626. The smallest absolute Gasteiger partial charge is 0.305 e. The minimum atomic E-state index is -0.843. The number of hydrogen-bond donors (Lipinski definition) is 3. The van der Waals surface area contributed by atoms with E-state index in [9.17, 15) is 19.8 Å². The Morgan fingerprint density at radius 2 is 0.627 bits per heavy atom. The molecule has 0 saturated heterocycles. The summed E-state index contributed by atoms with van der Waals surface area (Å²) in [6.45, 7) is 4.93. The normalized spacial score (nSPS) is 12.6. The first-order valence-electron chi connectivity index (χ1n) is 34.1. The number of amides is 1. The highest BCUT2D eigenvalue weighted by atomic mass is 16.5. The molecule has 0 aromatic carbocycles. The Kier molecular flexibility index (Phi) is 63.4. The van der Waals surface area contributed by atoms with Gasteiger partial charge in [-0.05, 0) is 57.8 Å². The maximum atomic E-state index is 12.5. The number of aliphatic hydroxyl groups is 2. The van der Waals surface area contributed by atoms with E-state index in [4.69, 9.17) is 4.74 Å². The molecule has 0 heterocycles. The molecule has 1 amide bonds. The molecule has 444 valence electrons. The summed E-state index contributed by atoms with van der Waals surface area (Å²) in [5, 5.41) is 23.2. The summed E-state index contributed by atoms with van der Waals surface area (Å²) in [6.07, 6.45) is 81.1. The van der Waals surface area contributed by atoms with Crippen molar-refractivity contribution in [3.05, 3.63) is 24.3 Å². The van der Waals surface area contributed by atoms with Crippen molar-refractivity contribution >= 4 is 11.9 Å². The number of aliphatic hydroxyl groups excluding tert-OH is 2. The maximum Gasteiger partial charge on any atom is 0.305 e. The van der Waals surface area contributed by atoms with E-state index in [0.717, 1.165) is 38.5 Å². The first-order valence-corrected chi connectivity index (χ1v) is 34.1. The van der Waals surface area contributed by atoms with Crippen LogP contribution < -0.4 is 5.32 Å². The first kappa shape index (κ1) is 73.3.